The minimum atomic E-state index is 0.391. The molecule has 1 rings (SSSR count). The molecule has 0 aliphatic carbocycles. The zero-order chi connectivity index (χ0) is 5.98. The summed E-state index contributed by atoms with van der Waals surface area (Å²) in [6, 6.07) is 0. The molecule has 0 fully saturated rings. The molecule has 0 saturated carbocycles. The van der Waals surface area contributed by atoms with Gasteiger partial charge >= 0.3 is 0 Å². The number of hydrogen-bond acceptors (Lipinski definition) is 3. The van der Waals surface area contributed by atoms with Crippen LogP contribution >= 0.6 is 23.4 Å². The number of halogens is 2. The van der Waals surface area contributed by atoms with Gasteiger partial charge in [0.2, 0.25) is 0 Å². The number of nitrogens with one attached hydrogen (secondary N) is 1. The highest BCUT2D eigenvalue weighted by molar-refractivity contribution is 6.68. The second-order valence-electron chi connectivity index (χ2n) is 1.16. The van der Waals surface area contributed by atoms with Crippen LogP contribution in [0.3, 0.4) is 0 Å². The van der Waals surface area contributed by atoms with E-state index in [1.165, 1.54) is 4.53 Å². The summed E-state index contributed by atoms with van der Waals surface area (Å²) < 4.78 is 1.17. The van der Waals surface area contributed by atoms with Crippen LogP contribution in [-0.2, 0) is 0 Å². The molecule has 0 aromatic carbocycles. The Labute approximate surface area is 56.6 Å². The van der Waals surface area contributed by atoms with Crippen LogP contribution in [-0.4, -0.2) is 9.70 Å². The summed E-state index contributed by atoms with van der Waals surface area (Å²) in [5.74, 6) is 0. The van der Waals surface area contributed by atoms with Gasteiger partial charge in [-0.1, -0.05) is 11.6 Å². The lowest BCUT2D eigenvalue weighted by molar-refractivity contribution is 0.451. The minimum absolute atomic E-state index is 0.391. The molecular formula is C3H3Cl2N3. The molecular weight excluding hydrogens is 149 g/mol. The fourth-order valence-corrected chi connectivity index (χ4v) is 0.481. The molecule has 3 nitrogen and oxygen atoms in total. The smallest absolute Gasteiger partial charge is 0.152 e. The largest absolute Gasteiger partial charge is 0.202 e. The fraction of sp³-hybridized carbons (Fsp3) is 0. The fourth-order valence-electron chi connectivity index (χ4n) is 0.293. The molecule has 0 radical (unpaired) electrons. The van der Waals surface area contributed by atoms with E-state index in [0.717, 1.165) is 0 Å². The molecule has 5 heteroatoms. The van der Waals surface area contributed by atoms with Crippen LogP contribution in [0.25, 0.3) is 0 Å². The van der Waals surface area contributed by atoms with Crippen molar-refractivity contribution in [3.8, 4) is 0 Å². The van der Waals surface area contributed by atoms with Gasteiger partial charge in [-0.3, -0.25) is 0 Å². The lowest BCUT2D eigenvalue weighted by Crippen LogP contribution is -2.22. The van der Waals surface area contributed by atoms with Crippen LogP contribution < -0.4 is 5.53 Å². The Hall–Kier alpha value is -0.410. The zero-order valence-corrected chi connectivity index (χ0v) is 5.32. The molecule has 44 valence electrons. The summed E-state index contributed by atoms with van der Waals surface area (Å²) in [5.41, 5.74) is 2.40. The molecule has 0 aromatic heterocycles. The van der Waals surface area contributed by atoms with Crippen LogP contribution in [0.1, 0.15) is 0 Å². The molecule has 1 aliphatic rings. The van der Waals surface area contributed by atoms with Gasteiger partial charge in [0.1, 0.15) is 0 Å². The van der Waals surface area contributed by atoms with Crippen molar-refractivity contribution >= 4 is 28.5 Å². The molecule has 0 spiro atoms. The number of rotatable bonds is 0. The maximum Gasteiger partial charge on any atom is 0.152 e. The van der Waals surface area contributed by atoms with Gasteiger partial charge in [0.15, 0.2) is 5.17 Å². The van der Waals surface area contributed by atoms with E-state index in [1.54, 1.807) is 12.3 Å². The quantitative estimate of drug-likeness (QED) is 0.525. The van der Waals surface area contributed by atoms with E-state index in [9.17, 15) is 0 Å². The van der Waals surface area contributed by atoms with Gasteiger partial charge < -0.3 is 0 Å². The van der Waals surface area contributed by atoms with Crippen LogP contribution in [0.4, 0.5) is 0 Å². The molecule has 0 bridgehead atoms. The van der Waals surface area contributed by atoms with Crippen LogP contribution in [0, 0.1) is 0 Å². The van der Waals surface area contributed by atoms with Crippen molar-refractivity contribution in [2.24, 2.45) is 5.10 Å². The maximum absolute atomic E-state index is 5.40. The summed E-state index contributed by atoms with van der Waals surface area (Å²) in [4.78, 5) is 0. The second-order valence-corrected chi connectivity index (χ2v) is 1.91. The third-order valence-electron chi connectivity index (χ3n) is 0.595. The Morgan fingerprint density at radius 2 is 2.50 bits per heavy atom. The van der Waals surface area contributed by atoms with Crippen molar-refractivity contribution in [1.82, 2.24) is 10.1 Å². The first-order valence-electron chi connectivity index (χ1n) is 1.91. The predicted molar refractivity (Wildman–Crippen MR) is 33.3 cm³/mol. The first kappa shape index (κ1) is 5.72. The highest BCUT2D eigenvalue weighted by atomic mass is 35.5. The van der Waals surface area contributed by atoms with E-state index in [-0.39, 0.29) is 0 Å². The van der Waals surface area contributed by atoms with Crippen LogP contribution in [0.2, 0.25) is 0 Å². The maximum atomic E-state index is 5.40. The Kier molecular flexibility index (Phi) is 1.60. The zero-order valence-electron chi connectivity index (χ0n) is 3.81. The Morgan fingerprint density at radius 1 is 1.75 bits per heavy atom. The molecule has 0 saturated heterocycles. The van der Waals surface area contributed by atoms with Gasteiger partial charge in [-0.25, -0.2) is 5.53 Å². The highest BCUT2D eigenvalue weighted by Crippen LogP contribution is 1.98. The first-order valence-corrected chi connectivity index (χ1v) is 2.63. The van der Waals surface area contributed by atoms with E-state index >= 15 is 0 Å². The van der Waals surface area contributed by atoms with Gasteiger partial charge in [0.05, 0.1) is 0 Å². The summed E-state index contributed by atoms with van der Waals surface area (Å²) >= 11 is 10.7. The van der Waals surface area contributed by atoms with Crippen molar-refractivity contribution < 1.29 is 0 Å². The van der Waals surface area contributed by atoms with Gasteiger partial charge in [-0.05, 0) is 6.08 Å². The Bertz CT molecular complexity index is 141. The van der Waals surface area contributed by atoms with Crippen molar-refractivity contribution in [3.63, 3.8) is 0 Å². The van der Waals surface area contributed by atoms with Crippen molar-refractivity contribution in [1.29, 1.82) is 0 Å². The molecule has 0 aromatic rings. The number of hydrazine groups is 1. The molecule has 1 N–H and O–H groups in total. The summed E-state index contributed by atoms with van der Waals surface area (Å²) in [6.45, 7) is 0. The third-order valence-corrected chi connectivity index (χ3v) is 0.994. The average Bonchev–Trinajstić information content (AvgIpc) is 1.77. The van der Waals surface area contributed by atoms with Gasteiger partial charge in [0, 0.05) is 18.0 Å². The number of hydrogen-bond donors (Lipinski definition) is 1. The van der Waals surface area contributed by atoms with Crippen molar-refractivity contribution in [3.05, 3.63) is 12.3 Å². The summed E-state index contributed by atoms with van der Waals surface area (Å²) in [7, 11) is 0. The SMILES string of the molecule is ClC1=NNN(Cl)C=C1. The second kappa shape index (κ2) is 2.24. The average molecular weight is 152 g/mol. The lowest BCUT2D eigenvalue weighted by atomic mass is 10.6. The van der Waals surface area contributed by atoms with Gasteiger partial charge in [0.25, 0.3) is 0 Å². The highest BCUT2D eigenvalue weighted by Gasteiger charge is 1.96. The topological polar surface area (TPSA) is 27.6 Å². The third kappa shape index (κ3) is 1.28. The normalized spacial score (nSPS) is 17.8. The lowest BCUT2D eigenvalue weighted by Gasteiger charge is -2.11. The van der Waals surface area contributed by atoms with Crippen LogP contribution in [0.5, 0.6) is 0 Å². The standard InChI is InChI=1S/C3H3Cl2N3/c4-3-1-2-8(5)7-6-3/h1-2,7H. The minimum Gasteiger partial charge on any atom is -0.202 e. The summed E-state index contributed by atoms with van der Waals surface area (Å²) in [6.07, 6.45) is 3.13. The monoisotopic (exact) mass is 151 g/mol. The van der Waals surface area contributed by atoms with Crippen molar-refractivity contribution in [2.75, 3.05) is 0 Å². The molecule has 1 heterocycles. The van der Waals surface area contributed by atoms with Gasteiger partial charge in [-0.2, -0.15) is 4.53 Å². The van der Waals surface area contributed by atoms with E-state index in [4.69, 9.17) is 23.4 Å². The van der Waals surface area contributed by atoms with Crippen LogP contribution in [0.15, 0.2) is 17.4 Å². The first-order chi connectivity index (χ1) is 3.79. The van der Waals surface area contributed by atoms with Crippen molar-refractivity contribution in [2.45, 2.75) is 0 Å². The van der Waals surface area contributed by atoms with E-state index in [0.29, 0.717) is 5.17 Å². The molecule has 0 atom stereocenters. The summed E-state index contributed by atoms with van der Waals surface area (Å²) in [5, 5.41) is 3.94. The number of nitrogens with zero attached hydrogens (tertiary/aromatic N) is 2. The Morgan fingerprint density at radius 3 is 2.88 bits per heavy atom. The van der Waals surface area contributed by atoms with Gasteiger partial charge in [-0.15, -0.1) is 5.10 Å². The Balaban J connectivity index is 2.58. The molecule has 1 aliphatic heterocycles. The molecule has 0 unspecified atom stereocenters. The van der Waals surface area contributed by atoms with E-state index in [1.807, 2.05) is 0 Å². The predicted octanol–water partition coefficient (Wildman–Crippen LogP) is 1.03. The number of hydrazone groups is 1. The number of allylic oxidation sites excluding steroid dienone is 1. The van der Waals surface area contributed by atoms with E-state index in [2.05, 4.69) is 10.6 Å². The molecule has 0 amide bonds. The molecule has 8 heavy (non-hydrogen) atoms. The van der Waals surface area contributed by atoms with E-state index < -0.39 is 0 Å².